The summed E-state index contributed by atoms with van der Waals surface area (Å²) in [5.74, 6) is 0.292. The summed E-state index contributed by atoms with van der Waals surface area (Å²) in [5.41, 5.74) is 8.18. The average molecular weight is 339 g/mol. The van der Waals surface area contributed by atoms with Gasteiger partial charge in [-0.15, -0.1) is 0 Å². The first-order valence-corrected chi connectivity index (χ1v) is 8.86. The first kappa shape index (κ1) is 17.7. The minimum atomic E-state index is -0.157. The van der Waals surface area contributed by atoms with Crippen molar-refractivity contribution < 1.29 is 5.11 Å². The molecule has 3 rings (SSSR count). The second-order valence-electron chi connectivity index (χ2n) is 9.08. The summed E-state index contributed by atoms with van der Waals surface area (Å²) in [4.78, 5) is 0. The van der Waals surface area contributed by atoms with Crippen LogP contribution in [0.1, 0.15) is 59.6 Å². The van der Waals surface area contributed by atoms with Crippen molar-refractivity contribution in [1.82, 2.24) is 5.43 Å². The Morgan fingerprint density at radius 2 is 1.76 bits per heavy atom. The number of rotatable bonds is 1. The van der Waals surface area contributed by atoms with Gasteiger partial charge in [-0.25, -0.2) is 0 Å². The molecule has 1 aliphatic carbocycles. The van der Waals surface area contributed by atoms with Crippen LogP contribution in [0.4, 0.5) is 5.69 Å². The lowest BCUT2D eigenvalue weighted by atomic mass is 9.79. The molecule has 25 heavy (non-hydrogen) atoms. The van der Waals surface area contributed by atoms with Crippen molar-refractivity contribution in [3.8, 4) is 5.75 Å². The Morgan fingerprint density at radius 3 is 2.36 bits per heavy atom. The van der Waals surface area contributed by atoms with E-state index in [9.17, 15) is 5.11 Å². The summed E-state index contributed by atoms with van der Waals surface area (Å²) in [6.07, 6.45) is 6.27. The van der Waals surface area contributed by atoms with E-state index in [1.165, 1.54) is 11.1 Å². The zero-order valence-corrected chi connectivity index (χ0v) is 16.3. The van der Waals surface area contributed by atoms with Crippen LogP contribution in [0, 0.1) is 0 Å². The van der Waals surface area contributed by atoms with Crippen LogP contribution < -0.4 is 10.5 Å². The van der Waals surface area contributed by atoms with E-state index in [1.54, 1.807) is 5.12 Å². The zero-order valence-electron chi connectivity index (χ0n) is 16.3. The van der Waals surface area contributed by atoms with Crippen LogP contribution >= 0.6 is 0 Å². The van der Waals surface area contributed by atoms with E-state index in [1.807, 2.05) is 6.07 Å². The van der Waals surface area contributed by atoms with Crippen LogP contribution in [0.25, 0.3) is 0 Å². The fourth-order valence-electron chi connectivity index (χ4n) is 3.10. The maximum absolute atomic E-state index is 11.0. The van der Waals surface area contributed by atoms with Gasteiger partial charge < -0.3 is 5.11 Å². The number of hydrogen-bond donors (Lipinski definition) is 2. The summed E-state index contributed by atoms with van der Waals surface area (Å²) in [6.45, 7) is 15.0. The lowest BCUT2D eigenvalue weighted by Crippen LogP contribution is -2.37. The number of allylic oxidation sites excluding steroid dienone is 2. The van der Waals surface area contributed by atoms with E-state index in [0.717, 1.165) is 11.3 Å². The molecule has 0 saturated heterocycles. The highest BCUT2D eigenvalue weighted by molar-refractivity contribution is 6.04. The molecule has 0 radical (unpaired) electrons. The Kier molecular flexibility index (Phi) is 4.07. The van der Waals surface area contributed by atoms with Crippen LogP contribution in [-0.4, -0.2) is 16.9 Å². The van der Waals surface area contributed by atoms with Gasteiger partial charge in [-0.3, -0.25) is 0 Å². The van der Waals surface area contributed by atoms with Crippen molar-refractivity contribution in [2.75, 3.05) is 5.12 Å². The van der Waals surface area contributed by atoms with E-state index >= 15 is 0 Å². The van der Waals surface area contributed by atoms with Gasteiger partial charge in [0.1, 0.15) is 11.4 Å². The third kappa shape index (κ3) is 3.36. The predicted molar refractivity (Wildman–Crippen MR) is 105 cm³/mol. The lowest BCUT2D eigenvalue weighted by molar-refractivity contribution is 0.442. The molecule has 1 aliphatic heterocycles. The molecule has 2 N–H and O–H groups in total. The molecule has 1 unspecified atom stereocenters. The average Bonchev–Trinajstić information content (AvgIpc) is 2.87. The second-order valence-corrected chi connectivity index (χ2v) is 9.08. The SMILES string of the molecule is CC1=CC2=NN(c3cc(C(C)(C)C)cc(C(C)(C)C)c3O)NC2C=C1. The summed E-state index contributed by atoms with van der Waals surface area (Å²) < 4.78 is 0. The van der Waals surface area contributed by atoms with E-state index in [4.69, 9.17) is 0 Å². The normalized spacial score (nSPS) is 20.4. The van der Waals surface area contributed by atoms with Gasteiger partial charge in [0.2, 0.25) is 0 Å². The van der Waals surface area contributed by atoms with Crippen LogP contribution in [-0.2, 0) is 10.8 Å². The maximum atomic E-state index is 11.0. The van der Waals surface area contributed by atoms with Crippen molar-refractivity contribution >= 4 is 11.4 Å². The topological polar surface area (TPSA) is 47.9 Å². The molecule has 0 aromatic heterocycles. The molecule has 4 nitrogen and oxygen atoms in total. The van der Waals surface area contributed by atoms with Gasteiger partial charge in [-0.05, 0) is 41.0 Å². The number of anilines is 1. The highest BCUT2D eigenvalue weighted by Gasteiger charge is 2.31. The standard InChI is InChI=1S/C21H29N3O/c1-13-8-9-16-17(10-13)23-24(22-16)18-12-14(20(2,3)4)11-15(19(18)25)21(5,6)7/h8-12,16,22,25H,1-7H3. The van der Waals surface area contributed by atoms with Crippen LogP contribution in [0.3, 0.4) is 0 Å². The Hall–Kier alpha value is -2.07. The van der Waals surface area contributed by atoms with Crippen molar-refractivity contribution in [1.29, 1.82) is 0 Å². The Balaban J connectivity index is 2.12. The molecule has 0 spiro atoms. The Bertz CT molecular complexity index is 789. The number of benzene rings is 1. The number of nitrogens with zero attached hydrogens (tertiary/aromatic N) is 2. The molecule has 0 bridgehead atoms. The third-order valence-electron chi connectivity index (χ3n) is 4.71. The van der Waals surface area contributed by atoms with Gasteiger partial charge in [-0.1, -0.05) is 59.8 Å². The molecule has 1 heterocycles. The van der Waals surface area contributed by atoms with Crippen molar-refractivity contribution in [3.05, 3.63) is 47.1 Å². The first-order valence-electron chi connectivity index (χ1n) is 8.86. The summed E-state index contributed by atoms with van der Waals surface area (Å²) in [6, 6.07) is 4.22. The summed E-state index contributed by atoms with van der Waals surface area (Å²) in [7, 11) is 0. The van der Waals surface area contributed by atoms with Gasteiger partial charge in [0.25, 0.3) is 0 Å². The number of hydrazine groups is 1. The molecule has 0 amide bonds. The predicted octanol–water partition coefficient (Wildman–Crippen LogP) is 4.55. The molecule has 1 atom stereocenters. The van der Waals surface area contributed by atoms with Gasteiger partial charge in [0, 0.05) is 5.56 Å². The summed E-state index contributed by atoms with van der Waals surface area (Å²) in [5, 5.41) is 17.4. The number of phenols is 1. The highest BCUT2D eigenvalue weighted by Crippen LogP contribution is 2.42. The molecule has 0 fully saturated rings. The maximum Gasteiger partial charge on any atom is 0.146 e. The van der Waals surface area contributed by atoms with Gasteiger partial charge in [-0.2, -0.15) is 15.6 Å². The third-order valence-corrected chi connectivity index (χ3v) is 4.71. The number of phenolic OH excluding ortho intramolecular Hbond substituents is 1. The quantitative estimate of drug-likeness (QED) is 0.789. The molecule has 1 aromatic carbocycles. The molecule has 4 heteroatoms. The second kappa shape index (κ2) is 5.73. The van der Waals surface area contributed by atoms with Crippen LogP contribution in [0.15, 0.2) is 41.0 Å². The van der Waals surface area contributed by atoms with Crippen molar-refractivity contribution in [2.24, 2.45) is 5.10 Å². The van der Waals surface area contributed by atoms with E-state index in [0.29, 0.717) is 11.4 Å². The Labute approximate surface area is 150 Å². The van der Waals surface area contributed by atoms with E-state index < -0.39 is 0 Å². The fraction of sp³-hybridized carbons (Fsp3) is 0.476. The van der Waals surface area contributed by atoms with Gasteiger partial charge in [0.15, 0.2) is 0 Å². The zero-order chi connectivity index (χ0) is 18.6. The molecular weight excluding hydrogens is 310 g/mol. The lowest BCUT2D eigenvalue weighted by Gasteiger charge is -2.29. The molecule has 2 aliphatic rings. The van der Waals surface area contributed by atoms with E-state index in [2.05, 4.69) is 83.3 Å². The number of fused-ring (bicyclic) bond motifs is 1. The van der Waals surface area contributed by atoms with Crippen molar-refractivity contribution in [2.45, 2.75) is 65.3 Å². The van der Waals surface area contributed by atoms with E-state index in [-0.39, 0.29) is 16.9 Å². The molecule has 1 aromatic rings. The Morgan fingerprint density at radius 1 is 1.08 bits per heavy atom. The number of hydrogen-bond acceptors (Lipinski definition) is 4. The summed E-state index contributed by atoms with van der Waals surface area (Å²) >= 11 is 0. The van der Waals surface area contributed by atoms with Gasteiger partial charge in [0.05, 0.1) is 11.8 Å². The smallest absolute Gasteiger partial charge is 0.146 e. The monoisotopic (exact) mass is 339 g/mol. The fourth-order valence-corrected chi connectivity index (χ4v) is 3.10. The minimum Gasteiger partial charge on any atom is -0.505 e. The highest BCUT2D eigenvalue weighted by atomic mass is 16.3. The first-order chi connectivity index (χ1) is 11.5. The largest absolute Gasteiger partial charge is 0.505 e. The van der Waals surface area contributed by atoms with Crippen LogP contribution in [0.5, 0.6) is 5.75 Å². The number of nitrogens with one attached hydrogen (secondary N) is 1. The molecular formula is C21H29N3O. The number of hydrazone groups is 1. The molecule has 0 saturated carbocycles. The van der Waals surface area contributed by atoms with Crippen molar-refractivity contribution in [3.63, 3.8) is 0 Å². The minimum absolute atomic E-state index is 0.0154. The van der Waals surface area contributed by atoms with Gasteiger partial charge >= 0.3 is 0 Å². The molecule has 134 valence electrons. The van der Waals surface area contributed by atoms with Crippen LogP contribution in [0.2, 0.25) is 0 Å². The number of aromatic hydroxyl groups is 1.